The highest BCUT2D eigenvalue weighted by molar-refractivity contribution is 8.13. The van der Waals surface area contributed by atoms with Gasteiger partial charge in [-0.2, -0.15) is 0 Å². The molecule has 4 heteroatoms. The highest BCUT2D eigenvalue weighted by Crippen LogP contribution is 2.08. The highest BCUT2D eigenvalue weighted by Gasteiger charge is 1.98. The fraction of sp³-hybridized carbons (Fsp3) is 0.364. The van der Waals surface area contributed by atoms with Gasteiger partial charge in [0, 0.05) is 5.75 Å². The maximum absolute atomic E-state index is 10.9. The van der Waals surface area contributed by atoms with Gasteiger partial charge in [-0.1, -0.05) is 42.1 Å². The molecular formula is C11H16ClNOS. The van der Waals surface area contributed by atoms with Crippen LogP contribution < -0.4 is 5.73 Å². The average Bonchev–Trinajstić information content (AvgIpc) is 2.25. The van der Waals surface area contributed by atoms with Gasteiger partial charge in [-0.25, -0.2) is 0 Å². The van der Waals surface area contributed by atoms with Gasteiger partial charge >= 0.3 is 0 Å². The fourth-order valence-electron chi connectivity index (χ4n) is 1.17. The lowest BCUT2D eigenvalue weighted by Gasteiger charge is -2.00. The molecule has 0 aromatic heterocycles. The summed E-state index contributed by atoms with van der Waals surface area (Å²) in [5.74, 6) is 0.866. The van der Waals surface area contributed by atoms with Gasteiger partial charge in [-0.15, -0.1) is 12.4 Å². The Bertz CT molecular complexity index is 279. The molecule has 1 aromatic rings. The molecule has 1 rings (SSSR count). The SMILES string of the molecule is Cl.NCC(=O)SCCCc1ccccc1. The van der Waals surface area contributed by atoms with Gasteiger partial charge in [0.1, 0.15) is 0 Å². The van der Waals surface area contributed by atoms with Crippen molar-refractivity contribution in [3.05, 3.63) is 35.9 Å². The second kappa shape index (κ2) is 8.77. The third-order valence-corrected chi connectivity index (χ3v) is 2.86. The van der Waals surface area contributed by atoms with E-state index in [1.807, 2.05) is 18.2 Å². The van der Waals surface area contributed by atoms with E-state index in [0.717, 1.165) is 18.6 Å². The number of aryl methyl sites for hydroxylation is 1. The molecule has 2 N–H and O–H groups in total. The van der Waals surface area contributed by atoms with Crippen molar-refractivity contribution in [2.24, 2.45) is 5.73 Å². The smallest absolute Gasteiger partial charge is 0.202 e. The van der Waals surface area contributed by atoms with E-state index in [1.165, 1.54) is 17.3 Å². The molecule has 0 unspecified atom stereocenters. The Morgan fingerprint density at radius 3 is 2.53 bits per heavy atom. The van der Waals surface area contributed by atoms with Gasteiger partial charge in [0.15, 0.2) is 0 Å². The number of rotatable bonds is 5. The monoisotopic (exact) mass is 245 g/mol. The summed E-state index contributed by atoms with van der Waals surface area (Å²) in [6.45, 7) is 0.149. The van der Waals surface area contributed by atoms with Gasteiger partial charge in [-0.3, -0.25) is 4.79 Å². The molecule has 0 bridgehead atoms. The maximum atomic E-state index is 10.9. The molecule has 0 atom stereocenters. The van der Waals surface area contributed by atoms with Crippen molar-refractivity contribution in [2.75, 3.05) is 12.3 Å². The van der Waals surface area contributed by atoms with Crippen molar-refractivity contribution >= 4 is 29.3 Å². The summed E-state index contributed by atoms with van der Waals surface area (Å²) < 4.78 is 0. The second-order valence-electron chi connectivity index (χ2n) is 3.01. The summed E-state index contributed by atoms with van der Waals surface area (Å²) in [5.41, 5.74) is 6.52. The molecule has 0 aliphatic carbocycles. The van der Waals surface area contributed by atoms with Crippen LogP contribution in [0.4, 0.5) is 0 Å². The van der Waals surface area contributed by atoms with Gasteiger partial charge in [-0.05, 0) is 18.4 Å². The summed E-state index contributed by atoms with van der Waals surface area (Å²) in [6, 6.07) is 10.3. The molecule has 0 fully saturated rings. The van der Waals surface area contributed by atoms with Crippen molar-refractivity contribution < 1.29 is 4.79 Å². The van der Waals surface area contributed by atoms with E-state index >= 15 is 0 Å². The van der Waals surface area contributed by atoms with Crippen LogP contribution in [0.3, 0.4) is 0 Å². The number of thioether (sulfide) groups is 1. The van der Waals surface area contributed by atoms with Crippen LogP contribution in [0.15, 0.2) is 30.3 Å². The Morgan fingerprint density at radius 1 is 1.27 bits per heavy atom. The van der Waals surface area contributed by atoms with E-state index in [-0.39, 0.29) is 24.1 Å². The Morgan fingerprint density at radius 2 is 1.93 bits per heavy atom. The van der Waals surface area contributed by atoms with Crippen LogP contribution in [0, 0.1) is 0 Å². The van der Waals surface area contributed by atoms with E-state index in [1.54, 1.807) is 0 Å². The number of hydrogen-bond donors (Lipinski definition) is 1. The lowest BCUT2D eigenvalue weighted by atomic mass is 10.1. The van der Waals surface area contributed by atoms with Crippen molar-refractivity contribution in [3.8, 4) is 0 Å². The van der Waals surface area contributed by atoms with Crippen LogP contribution in [0.1, 0.15) is 12.0 Å². The van der Waals surface area contributed by atoms with Crippen molar-refractivity contribution in [1.29, 1.82) is 0 Å². The number of benzene rings is 1. The summed E-state index contributed by atoms with van der Waals surface area (Å²) in [7, 11) is 0. The zero-order chi connectivity index (χ0) is 10.2. The minimum Gasteiger partial charge on any atom is -0.323 e. The molecule has 1 aromatic carbocycles. The lowest BCUT2D eigenvalue weighted by molar-refractivity contribution is -0.109. The predicted molar refractivity (Wildman–Crippen MR) is 68.5 cm³/mol. The Balaban J connectivity index is 0.00000196. The van der Waals surface area contributed by atoms with Gasteiger partial charge in [0.25, 0.3) is 0 Å². The van der Waals surface area contributed by atoms with Gasteiger partial charge in [0.2, 0.25) is 5.12 Å². The molecular weight excluding hydrogens is 230 g/mol. The molecule has 0 radical (unpaired) electrons. The van der Waals surface area contributed by atoms with Crippen LogP contribution in [0.5, 0.6) is 0 Å². The molecule has 0 aliphatic rings. The van der Waals surface area contributed by atoms with Crippen LogP contribution >= 0.6 is 24.2 Å². The third-order valence-electron chi connectivity index (χ3n) is 1.88. The minimum atomic E-state index is 0. The molecule has 2 nitrogen and oxygen atoms in total. The Labute approximate surface area is 101 Å². The maximum Gasteiger partial charge on any atom is 0.202 e. The average molecular weight is 246 g/mol. The van der Waals surface area contributed by atoms with Crippen LogP contribution in [-0.4, -0.2) is 17.4 Å². The number of carbonyl (C=O) groups excluding carboxylic acids is 1. The quantitative estimate of drug-likeness (QED) is 0.810. The van der Waals surface area contributed by atoms with Crippen LogP contribution in [-0.2, 0) is 11.2 Å². The van der Waals surface area contributed by atoms with E-state index in [2.05, 4.69) is 12.1 Å². The largest absolute Gasteiger partial charge is 0.323 e. The van der Waals surface area contributed by atoms with Crippen LogP contribution in [0.2, 0.25) is 0 Å². The van der Waals surface area contributed by atoms with Gasteiger partial charge in [0.05, 0.1) is 6.54 Å². The summed E-state index contributed by atoms with van der Waals surface area (Å²) in [4.78, 5) is 10.9. The third kappa shape index (κ3) is 6.55. The second-order valence-corrected chi connectivity index (χ2v) is 4.17. The van der Waals surface area contributed by atoms with E-state index < -0.39 is 0 Å². The zero-order valence-electron chi connectivity index (χ0n) is 8.52. The van der Waals surface area contributed by atoms with Crippen molar-refractivity contribution in [1.82, 2.24) is 0 Å². The van der Waals surface area contributed by atoms with Crippen molar-refractivity contribution in [2.45, 2.75) is 12.8 Å². The molecule has 15 heavy (non-hydrogen) atoms. The first-order valence-electron chi connectivity index (χ1n) is 4.72. The normalized spacial score (nSPS) is 9.40. The predicted octanol–water partition coefficient (Wildman–Crippen LogP) is 2.26. The van der Waals surface area contributed by atoms with Crippen molar-refractivity contribution in [3.63, 3.8) is 0 Å². The Hall–Kier alpha value is -0.510. The molecule has 0 amide bonds. The van der Waals surface area contributed by atoms with Gasteiger partial charge < -0.3 is 5.73 Å². The van der Waals surface area contributed by atoms with E-state index in [0.29, 0.717) is 0 Å². The molecule has 0 saturated carbocycles. The zero-order valence-corrected chi connectivity index (χ0v) is 10.2. The Kier molecular flexibility index (Phi) is 8.47. The first-order chi connectivity index (χ1) is 6.83. The molecule has 0 heterocycles. The summed E-state index contributed by atoms with van der Waals surface area (Å²) >= 11 is 1.33. The molecule has 0 spiro atoms. The van der Waals surface area contributed by atoms with Crippen LogP contribution in [0.25, 0.3) is 0 Å². The summed E-state index contributed by atoms with van der Waals surface area (Å²) in [5, 5.41) is 0.0815. The standard InChI is InChI=1S/C11H15NOS.ClH/c12-9-11(13)14-8-4-7-10-5-2-1-3-6-10;/h1-3,5-6H,4,7-9,12H2;1H. The number of carbonyl (C=O) groups is 1. The first-order valence-corrected chi connectivity index (χ1v) is 5.71. The number of halogens is 1. The summed E-state index contributed by atoms with van der Waals surface area (Å²) in [6.07, 6.45) is 2.06. The van der Waals surface area contributed by atoms with E-state index in [4.69, 9.17) is 5.73 Å². The number of nitrogens with two attached hydrogens (primary N) is 1. The highest BCUT2D eigenvalue weighted by atomic mass is 35.5. The lowest BCUT2D eigenvalue weighted by Crippen LogP contribution is -2.09. The van der Waals surface area contributed by atoms with E-state index in [9.17, 15) is 4.79 Å². The molecule has 0 saturated heterocycles. The minimum absolute atomic E-state index is 0. The first kappa shape index (κ1) is 14.5. The fourth-order valence-corrected chi connectivity index (χ4v) is 1.80. The number of hydrogen-bond acceptors (Lipinski definition) is 3. The molecule has 84 valence electrons. The molecule has 0 aliphatic heterocycles. The topological polar surface area (TPSA) is 43.1 Å².